The number of hydrogen-bond donors (Lipinski definition) is 2. The van der Waals surface area contributed by atoms with Crippen LogP contribution in [0.15, 0.2) is 0 Å². The molecule has 0 aliphatic heterocycles. The summed E-state index contributed by atoms with van der Waals surface area (Å²) in [7, 11) is 1.70. The number of hydrogen-bond acceptors (Lipinski definition) is 4. The monoisotopic (exact) mass is 226 g/mol. The number of aliphatic hydroxyl groups excluding tert-OH is 1. The summed E-state index contributed by atoms with van der Waals surface area (Å²) in [5.41, 5.74) is 0. The molecule has 0 radical (unpaired) electrons. The zero-order chi connectivity index (χ0) is 11.4. The number of aryl methyl sites for hydroxylation is 1. The van der Waals surface area contributed by atoms with Gasteiger partial charge in [0.15, 0.2) is 6.10 Å². The summed E-state index contributed by atoms with van der Waals surface area (Å²) < 4.78 is 0. The first-order valence-electron chi connectivity index (χ1n) is 6.01. The zero-order valence-electron chi connectivity index (χ0n) is 9.71. The normalized spacial score (nSPS) is 19.9. The lowest BCUT2D eigenvalue weighted by molar-refractivity contribution is -0.698. The van der Waals surface area contributed by atoms with Gasteiger partial charge in [-0.1, -0.05) is 6.42 Å². The van der Waals surface area contributed by atoms with Crippen molar-refractivity contribution in [1.82, 2.24) is 20.2 Å². The van der Waals surface area contributed by atoms with E-state index in [2.05, 4.69) is 20.7 Å². The molecule has 90 valence electrons. The topological polar surface area (TPSA) is 80.4 Å². The standard InChI is InChI=1S/C10H19N5O/c1-15-13-10(12-14-15)9(16)7-11-8-5-3-2-4-6-8/h8-9,11,16H,2-7H2,1H3/p+1/t9-/m0/s1. The molecular weight excluding hydrogens is 206 g/mol. The van der Waals surface area contributed by atoms with Gasteiger partial charge in [-0.3, -0.25) is 0 Å². The highest BCUT2D eigenvalue weighted by atomic mass is 16.3. The average Bonchev–Trinajstić information content (AvgIpc) is 2.74. The molecule has 1 aromatic heterocycles. The number of tetrazole rings is 1. The van der Waals surface area contributed by atoms with Gasteiger partial charge in [-0.25, -0.2) is 0 Å². The predicted molar refractivity (Wildman–Crippen MR) is 57.4 cm³/mol. The van der Waals surface area contributed by atoms with E-state index in [-0.39, 0.29) is 0 Å². The SMILES string of the molecule is Cn1nnc([C@@H](O)C[NH2+]C2CCCCC2)n1. The van der Waals surface area contributed by atoms with Crippen molar-refractivity contribution in [2.24, 2.45) is 7.05 Å². The van der Waals surface area contributed by atoms with Crippen LogP contribution in [0.2, 0.25) is 0 Å². The molecule has 0 aromatic carbocycles. The molecule has 16 heavy (non-hydrogen) atoms. The van der Waals surface area contributed by atoms with Crippen molar-refractivity contribution in [2.75, 3.05) is 6.54 Å². The third-order valence-electron chi connectivity index (χ3n) is 3.16. The van der Waals surface area contributed by atoms with Crippen LogP contribution in [0.5, 0.6) is 0 Å². The van der Waals surface area contributed by atoms with Crippen molar-refractivity contribution in [3.8, 4) is 0 Å². The Bertz CT molecular complexity index is 321. The van der Waals surface area contributed by atoms with Gasteiger partial charge in [0.05, 0.1) is 13.1 Å². The number of aromatic nitrogens is 4. The zero-order valence-corrected chi connectivity index (χ0v) is 9.71. The number of quaternary nitrogens is 1. The van der Waals surface area contributed by atoms with E-state index in [4.69, 9.17) is 0 Å². The van der Waals surface area contributed by atoms with Crippen LogP contribution in [0.25, 0.3) is 0 Å². The number of nitrogens with zero attached hydrogens (tertiary/aromatic N) is 4. The second-order valence-electron chi connectivity index (χ2n) is 4.52. The Morgan fingerprint density at radius 2 is 2.19 bits per heavy atom. The molecule has 1 aliphatic carbocycles. The Balaban J connectivity index is 1.76. The van der Waals surface area contributed by atoms with Crippen molar-refractivity contribution >= 4 is 0 Å². The smallest absolute Gasteiger partial charge is 0.208 e. The Labute approximate surface area is 95.0 Å². The second kappa shape index (κ2) is 5.36. The Morgan fingerprint density at radius 3 is 2.81 bits per heavy atom. The highest BCUT2D eigenvalue weighted by Crippen LogP contribution is 2.14. The molecule has 0 spiro atoms. The Morgan fingerprint density at radius 1 is 1.44 bits per heavy atom. The summed E-state index contributed by atoms with van der Waals surface area (Å²) >= 11 is 0. The van der Waals surface area contributed by atoms with Crippen molar-refractivity contribution in [3.63, 3.8) is 0 Å². The maximum absolute atomic E-state index is 9.85. The minimum Gasteiger partial charge on any atom is -0.379 e. The molecular formula is C10H20N5O+. The lowest BCUT2D eigenvalue weighted by atomic mass is 9.95. The quantitative estimate of drug-likeness (QED) is 0.700. The van der Waals surface area contributed by atoms with Gasteiger partial charge in [-0.05, 0) is 30.9 Å². The third-order valence-corrected chi connectivity index (χ3v) is 3.16. The van der Waals surface area contributed by atoms with Crippen molar-refractivity contribution in [1.29, 1.82) is 0 Å². The van der Waals surface area contributed by atoms with E-state index in [1.807, 2.05) is 0 Å². The van der Waals surface area contributed by atoms with Gasteiger partial charge in [0, 0.05) is 0 Å². The molecule has 1 aliphatic rings. The first-order valence-corrected chi connectivity index (χ1v) is 6.01. The van der Waals surface area contributed by atoms with Crippen LogP contribution in [0.1, 0.15) is 44.0 Å². The molecule has 1 aromatic rings. The van der Waals surface area contributed by atoms with Gasteiger partial charge in [0.1, 0.15) is 6.54 Å². The van der Waals surface area contributed by atoms with Gasteiger partial charge >= 0.3 is 0 Å². The van der Waals surface area contributed by atoms with Gasteiger partial charge in [-0.15, -0.1) is 10.2 Å². The summed E-state index contributed by atoms with van der Waals surface area (Å²) in [5, 5.41) is 23.6. The molecule has 1 heterocycles. The van der Waals surface area contributed by atoms with Crippen LogP contribution in [-0.4, -0.2) is 37.9 Å². The lowest BCUT2D eigenvalue weighted by Gasteiger charge is -2.20. The molecule has 0 amide bonds. The fraction of sp³-hybridized carbons (Fsp3) is 0.900. The highest BCUT2D eigenvalue weighted by molar-refractivity contribution is 4.82. The molecule has 0 bridgehead atoms. The minimum absolute atomic E-state index is 0.426. The molecule has 1 fully saturated rings. The van der Waals surface area contributed by atoms with Crippen molar-refractivity contribution < 1.29 is 10.4 Å². The lowest BCUT2D eigenvalue weighted by Crippen LogP contribution is -2.91. The van der Waals surface area contributed by atoms with E-state index in [0.29, 0.717) is 18.4 Å². The Kier molecular flexibility index (Phi) is 3.84. The Hall–Kier alpha value is -1.01. The first-order chi connectivity index (χ1) is 7.75. The van der Waals surface area contributed by atoms with E-state index in [1.165, 1.54) is 36.9 Å². The molecule has 6 heteroatoms. The molecule has 2 rings (SSSR count). The van der Waals surface area contributed by atoms with E-state index in [9.17, 15) is 5.11 Å². The number of nitrogens with two attached hydrogens (primary N) is 1. The molecule has 1 saturated carbocycles. The van der Waals surface area contributed by atoms with E-state index >= 15 is 0 Å². The second-order valence-corrected chi connectivity index (χ2v) is 4.52. The van der Waals surface area contributed by atoms with E-state index in [0.717, 1.165) is 0 Å². The fourth-order valence-corrected chi connectivity index (χ4v) is 2.23. The van der Waals surface area contributed by atoms with E-state index < -0.39 is 6.10 Å². The predicted octanol–water partition coefficient (Wildman–Crippen LogP) is -0.860. The van der Waals surface area contributed by atoms with Crippen LogP contribution in [0.4, 0.5) is 0 Å². The van der Waals surface area contributed by atoms with Crippen LogP contribution < -0.4 is 5.32 Å². The van der Waals surface area contributed by atoms with Gasteiger partial charge in [0.2, 0.25) is 5.82 Å². The van der Waals surface area contributed by atoms with Crippen LogP contribution in [0, 0.1) is 0 Å². The van der Waals surface area contributed by atoms with Gasteiger partial charge < -0.3 is 10.4 Å². The van der Waals surface area contributed by atoms with Gasteiger partial charge in [-0.2, -0.15) is 4.80 Å². The summed E-state index contributed by atoms with van der Waals surface area (Å²) in [5.74, 6) is 0.426. The van der Waals surface area contributed by atoms with Crippen molar-refractivity contribution in [3.05, 3.63) is 5.82 Å². The maximum atomic E-state index is 9.85. The minimum atomic E-state index is -0.601. The molecule has 1 atom stereocenters. The van der Waals surface area contributed by atoms with E-state index in [1.54, 1.807) is 7.05 Å². The first kappa shape index (κ1) is 11.5. The summed E-state index contributed by atoms with van der Waals surface area (Å²) in [6, 6.07) is 0.667. The van der Waals surface area contributed by atoms with Crippen molar-refractivity contribution in [2.45, 2.75) is 44.2 Å². The fourth-order valence-electron chi connectivity index (χ4n) is 2.23. The average molecular weight is 226 g/mol. The molecule has 6 nitrogen and oxygen atoms in total. The summed E-state index contributed by atoms with van der Waals surface area (Å²) in [6.07, 6.45) is 5.93. The number of aliphatic hydroxyl groups is 1. The largest absolute Gasteiger partial charge is 0.379 e. The van der Waals surface area contributed by atoms with Crippen LogP contribution >= 0.6 is 0 Å². The maximum Gasteiger partial charge on any atom is 0.208 e. The number of rotatable bonds is 4. The van der Waals surface area contributed by atoms with Gasteiger partial charge in [0.25, 0.3) is 0 Å². The summed E-state index contributed by atoms with van der Waals surface area (Å²) in [4.78, 5) is 1.37. The third kappa shape index (κ3) is 2.99. The molecule has 3 N–H and O–H groups in total. The molecule has 0 unspecified atom stereocenters. The van der Waals surface area contributed by atoms with Crippen LogP contribution in [0.3, 0.4) is 0 Å². The molecule has 0 saturated heterocycles. The summed E-state index contributed by atoms with van der Waals surface area (Å²) in [6.45, 7) is 0.635. The van der Waals surface area contributed by atoms with Crippen LogP contribution in [-0.2, 0) is 7.05 Å². The highest BCUT2D eigenvalue weighted by Gasteiger charge is 2.20.